The lowest BCUT2D eigenvalue weighted by molar-refractivity contribution is 0.000893. The van der Waals surface area contributed by atoms with E-state index >= 15 is 0 Å². The molecule has 0 radical (unpaired) electrons. The van der Waals surface area contributed by atoms with Crippen LogP contribution >= 0.6 is 0 Å². The first-order chi connectivity index (χ1) is 25.1. The van der Waals surface area contributed by atoms with Crippen molar-refractivity contribution in [3.63, 3.8) is 0 Å². The van der Waals surface area contributed by atoms with Gasteiger partial charge < -0.3 is 37.6 Å². The SMILES string of the molecule is CC(C)(C)OC(=O)c1occ(C(=O)O)c(=O)c1OCc1ccccc1.CC(C)(C)OC(=O)c1occ(C(=O)OC(C)(C)C)c(=O)c1OCc1ccccc1. The van der Waals surface area contributed by atoms with Crippen molar-refractivity contribution in [2.45, 2.75) is 92.3 Å². The molecule has 0 saturated heterocycles. The van der Waals surface area contributed by atoms with Gasteiger partial charge in [-0.2, -0.15) is 0 Å². The summed E-state index contributed by atoms with van der Waals surface area (Å²) in [5, 5.41) is 9.06. The lowest BCUT2D eigenvalue weighted by atomic mass is 10.1. The highest BCUT2D eigenvalue weighted by atomic mass is 16.6. The van der Waals surface area contributed by atoms with Crippen LogP contribution in [-0.2, 0) is 27.4 Å². The van der Waals surface area contributed by atoms with Crippen LogP contribution < -0.4 is 20.3 Å². The molecule has 0 atom stereocenters. The van der Waals surface area contributed by atoms with Gasteiger partial charge in [0.2, 0.25) is 22.4 Å². The summed E-state index contributed by atoms with van der Waals surface area (Å²) >= 11 is 0. The van der Waals surface area contributed by atoms with Crippen molar-refractivity contribution in [1.29, 1.82) is 0 Å². The monoisotopic (exact) mass is 748 g/mol. The van der Waals surface area contributed by atoms with E-state index in [-0.39, 0.29) is 18.8 Å². The minimum atomic E-state index is -1.48. The maximum absolute atomic E-state index is 12.9. The third-order valence-electron chi connectivity index (χ3n) is 6.37. The fourth-order valence-electron chi connectivity index (χ4n) is 4.17. The zero-order chi connectivity index (χ0) is 40.4. The van der Waals surface area contributed by atoms with Gasteiger partial charge in [-0.05, 0) is 73.4 Å². The van der Waals surface area contributed by atoms with Gasteiger partial charge in [-0.3, -0.25) is 9.59 Å². The van der Waals surface area contributed by atoms with Crippen molar-refractivity contribution >= 4 is 23.9 Å². The number of ether oxygens (including phenoxy) is 5. The maximum atomic E-state index is 12.9. The average Bonchev–Trinajstić information content (AvgIpc) is 3.05. The number of aromatic carboxylic acids is 1. The molecule has 2 aromatic heterocycles. The van der Waals surface area contributed by atoms with Gasteiger partial charge in [0, 0.05) is 0 Å². The highest BCUT2D eigenvalue weighted by Crippen LogP contribution is 2.23. The largest absolute Gasteiger partial charge is 0.481 e. The average molecular weight is 749 g/mol. The highest BCUT2D eigenvalue weighted by molar-refractivity contribution is 5.94. The van der Waals surface area contributed by atoms with Crippen LogP contribution in [0, 0.1) is 0 Å². The van der Waals surface area contributed by atoms with Crippen LogP contribution in [0.4, 0.5) is 0 Å². The number of hydrogen-bond acceptors (Lipinski definition) is 13. The Bertz CT molecular complexity index is 2060. The molecule has 14 heteroatoms. The maximum Gasteiger partial charge on any atom is 0.378 e. The second kappa shape index (κ2) is 17.6. The summed E-state index contributed by atoms with van der Waals surface area (Å²) in [6, 6.07) is 18.0. The van der Waals surface area contributed by atoms with Crippen molar-refractivity contribution in [3.8, 4) is 11.5 Å². The Labute approximate surface area is 311 Å². The Balaban J connectivity index is 0.000000294. The second-order valence-corrected chi connectivity index (χ2v) is 14.6. The van der Waals surface area contributed by atoms with Crippen LogP contribution in [0.2, 0.25) is 0 Å². The number of carbonyl (C=O) groups excluding carboxylic acids is 3. The summed E-state index contributed by atoms with van der Waals surface area (Å²) in [5.41, 5.74) is -3.68. The molecule has 0 amide bonds. The predicted molar refractivity (Wildman–Crippen MR) is 194 cm³/mol. The van der Waals surface area contributed by atoms with Crippen molar-refractivity contribution in [2.24, 2.45) is 0 Å². The second-order valence-electron chi connectivity index (χ2n) is 14.6. The molecule has 0 spiro atoms. The van der Waals surface area contributed by atoms with Gasteiger partial charge in [-0.1, -0.05) is 60.7 Å². The zero-order valence-corrected chi connectivity index (χ0v) is 31.6. The molecular weight excluding hydrogens is 704 g/mol. The van der Waals surface area contributed by atoms with E-state index < -0.39 is 80.1 Å². The van der Waals surface area contributed by atoms with E-state index in [1.54, 1.807) is 98.7 Å². The molecule has 288 valence electrons. The molecule has 14 nitrogen and oxygen atoms in total. The molecule has 2 aromatic carbocycles. The van der Waals surface area contributed by atoms with Crippen LogP contribution in [-0.4, -0.2) is 45.8 Å². The first kappa shape index (κ1) is 42.2. The summed E-state index contributed by atoms with van der Waals surface area (Å²) in [6.07, 6.45) is 1.60. The molecule has 0 aliphatic carbocycles. The van der Waals surface area contributed by atoms with Crippen LogP contribution in [0.5, 0.6) is 11.5 Å². The molecule has 1 N–H and O–H groups in total. The molecule has 0 unspecified atom stereocenters. The normalized spacial score (nSPS) is 11.4. The zero-order valence-electron chi connectivity index (χ0n) is 31.6. The number of hydrogen-bond donors (Lipinski definition) is 1. The van der Waals surface area contributed by atoms with Gasteiger partial charge in [0.1, 0.15) is 53.7 Å². The highest BCUT2D eigenvalue weighted by Gasteiger charge is 2.31. The number of carboxylic acid groups (broad SMARTS) is 1. The van der Waals surface area contributed by atoms with E-state index in [0.29, 0.717) is 6.26 Å². The molecule has 2 heterocycles. The summed E-state index contributed by atoms with van der Waals surface area (Å²) in [6.45, 7) is 15.0. The Morgan fingerprint density at radius 3 is 1.22 bits per heavy atom. The van der Waals surface area contributed by atoms with Crippen molar-refractivity contribution in [1.82, 2.24) is 0 Å². The Morgan fingerprint density at radius 1 is 0.537 bits per heavy atom. The molecule has 4 aromatic rings. The third-order valence-corrected chi connectivity index (χ3v) is 6.37. The fourth-order valence-corrected chi connectivity index (χ4v) is 4.17. The summed E-state index contributed by atoms with van der Waals surface area (Å²) in [4.78, 5) is 73.5. The lowest BCUT2D eigenvalue weighted by Gasteiger charge is -2.21. The molecule has 54 heavy (non-hydrogen) atoms. The van der Waals surface area contributed by atoms with E-state index in [1.807, 2.05) is 24.3 Å². The Kier molecular flexibility index (Phi) is 13.7. The number of carboxylic acids is 1. The van der Waals surface area contributed by atoms with Gasteiger partial charge in [-0.15, -0.1) is 0 Å². The summed E-state index contributed by atoms with van der Waals surface area (Å²) in [5.74, 6) is -5.89. The van der Waals surface area contributed by atoms with E-state index in [2.05, 4.69) is 0 Å². The van der Waals surface area contributed by atoms with Crippen molar-refractivity contribution in [3.05, 3.63) is 127 Å². The quantitative estimate of drug-likeness (QED) is 0.129. The standard InChI is InChI=1S/C22H26O7.C18H18O7/c1-21(2,3)28-19(24)15-13-27-18(20(25)29-22(4,5)6)17(16(15)23)26-12-14-10-8-7-9-11-14;1-18(2,3)25-17(22)15-14(13(19)12(10-24-15)16(20)21)23-9-11-7-5-4-6-8-11/h7-11,13H,12H2,1-6H3;4-8,10H,9H2,1-3H3,(H,20,21). The lowest BCUT2D eigenvalue weighted by Crippen LogP contribution is -2.29. The van der Waals surface area contributed by atoms with E-state index in [0.717, 1.165) is 17.4 Å². The number of benzene rings is 2. The molecule has 0 aliphatic rings. The molecular formula is C40H44O14. The van der Waals surface area contributed by atoms with Crippen LogP contribution in [0.25, 0.3) is 0 Å². The summed E-state index contributed by atoms with van der Waals surface area (Å²) in [7, 11) is 0. The van der Waals surface area contributed by atoms with E-state index in [4.69, 9.17) is 37.6 Å². The Morgan fingerprint density at radius 2 is 0.870 bits per heavy atom. The fraction of sp³-hybridized carbons (Fsp3) is 0.350. The molecule has 4 rings (SSSR count). The molecule has 0 fully saturated rings. The smallest absolute Gasteiger partial charge is 0.378 e. The number of carbonyl (C=O) groups is 4. The van der Waals surface area contributed by atoms with Crippen LogP contribution in [0.3, 0.4) is 0 Å². The van der Waals surface area contributed by atoms with Crippen molar-refractivity contribution in [2.75, 3.05) is 0 Å². The minimum Gasteiger partial charge on any atom is -0.481 e. The molecule has 0 saturated carbocycles. The minimum absolute atomic E-state index is 0.000824. The van der Waals surface area contributed by atoms with Crippen LogP contribution in [0.15, 0.2) is 91.6 Å². The first-order valence-electron chi connectivity index (χ1n) is 16.6. The van der Waals surface area contributed by atoms with E-state index in [9.17, 15) is 28.8 Å². The molecule has 0 aliphatic heterocycles. The van der Waals surface area contributed by atoms with Gasteiger partial charge in [0.25, 0.3) is 11.5 Å². The van der Waals surface area contributed by atoms with E-state index in [1.165, 1.54) is 0 Å². The summed E-state index contributed by atoms with van der Waals surface area (Å²) < 4.78 is 37.0. The van der Waals surface area contributed by atoms with Gasteiger partial charge >= 0.3 is 23.9 Å². The van der Waals surface area contributed by atoms with Gasteiger partial charge in [0.05, 0.1) is 0 Å². The molecule has 0 bridgehead atoms. The topological polar surface area (TPSA) is 195 Å². The first-order valence-corrected chi connectivity index (χ1v) is 16.6. The third kappa shape index (κ3) is 12.8. The number of esters is 3. The van der Waals surface area contributed by atoms with Gasteiger partial charge in [-0.25, -0.2) is 19.2 Å². The van der Waals surface area contributed by atoms with Crippen molar-refractivity contribution < 1.29 is 56.8 Å². The predicted octanol–water partition coefficient (Wildman–Crippen LogP) is 7.00. The Hall–Kier alpha value is -6.18. The van der Waals surface area contributed by atoms with Crippen LogP contribution in [0.1, 0.15) is 115 Å². The number of rotatable bonds is 10. The van der Waals surface area contributed by atoms with Gasteiger partial charge in [0.15, 0.2) is 0 Å².